The van der Waals surface area contributed by atoms with Gasteiger partial charge in [0.15, 0.2) is 5.11 Å². The molecule has 0 spiro atoms. The fraction of sp³-hybridized carbons (Fsp3) is 0.429. The van der Waals surface area contributed by atoms with Gasteiger partial charge in [-0.15, -0.1) is 0 Å². The van der Waals surface area contributed by atoms with Crippen LogP contribution >= 0.6 is 28.1 Å². The third-order valence-electron chi connectivity index (χ3n) is 6.93. The summed E-state index contributed by atoms with van der Waals surface area (Å²) in [5.74, 6) is -0.941. The Labute approximate surface area is 243 Å². The van der Waals surface area contributed by atoms with E-state index < -0.39 is 12.0 Å². The zero-order valence-corrected chi connectivity index (χ0v) is 24.7. The minimum Gasteiger partial charge on any atom is -0.462 e. The number of anilines is 2. The first kappa shape index (κ1) is 29.1. The summed E-state index contributed by atoms with van der Waals surface area (Å²) in [4.78, 5) is 46.8. The maximum absolute atomic E-state index is 13.7. The first-order valence-corrected chi connectivity index (χ1v) is 14.3. The molecule has 2 fully saturated rings. The molecule has 2 heterocycles. The highest BCUT2D eigenvalue weighted by Gasteiger charge is 2.44. The van der Waals surface area contributed by atoms with Gasteiger partial charge in [-0.1, -0.05) is 15.9 Å². The fourth-order valence-corrected chi connectivity index (χ4v) is 5.42. The van der Waals surface area contributed by atoms with Gasteiger partial charge in [0.1, 0.15) is 6.04 Å². The lowest BCUT2D eigenvalue weighted by atomic mass is 10.1. The number of nitrogens with one attached hydrogen (secondary N) is 1. The second-order valence-corrected chi connectivity index (χ2v) is 11.0. The van der Waals surface area contributed by atoms with Crippen molar-refractivity contribution in [2.45, 2.75) is 25.8 Å². The summed E-state index contributed by atoms with van der Waals surface area (Å²) >= 11 is 9.18. The average molecular weight is 617 g/mol. The molecular weight excluding hydrogens is 582 g/mol. The number of hydrogen-bond acceptors (Lipinski definition) is 7. The summed E-state index contributed by atoms with van der Waals surface area (Å²) in [6.45, 7) is 7.58. The molecule has 0 aliphatic carbocycles. The predicted octanol–water partition coefficient (Wildman–Crippen LogP) is 3.59. The zero-order valence-electron chi connectivity index (χ0n) is 22.3. The van der Waals surface area contributed by atoms with Crippen molar-refractivity contribution in [1.82, 2.24) is 14.7 Å². The largest absolute Gasteiger partial charge is 0.462 e. The fourth-order valence-electron chi connectivity index (χ4n) is 4.74. The number of benzene rings is 2. The molecule has 1 atom stereocenters. The predicted molar refractivity (Wildman–Crippen MR) is 159 cm³/mol. The van der Waals surface area contributed by atoms with Gasteiger partial charge in [-0.2, -0.15) is 0 Å². The quantitative estimate of drug-likeness (QED) is 0.321. The van der Waals surface area contributed by atoms with Crippen molar-refractivity contribution in [3.63, 3.8) is 0 Å². The number of carbonyl (C=O) groups is 3. The van der Waals surface area contributed by atoms with Crippen LogP contribution in [0.3, 0.4) is 0 Å². The van der Waals surface area contributed by atoms with Crippen LogP contribution in [0, 0.1) is 0 Å². The van der Waals surface area contributed by atoms with Crippen LogP contribution in [0.15, 0.2) is 53.0 Å². The van der Waals surface area contributed by atoms with E-state index in [1.807, 2.05) is 17.0 Å². The van der Waals surface area contributed by atoms with Crippen molar-refractivity contribution in [2.75, 3.05) is 63.1 Å². The molecule has 11 heteroatoms. The summed E-state index contributed by atoms with van der Waals surface area (Å²) in [5.41, 5.74) is 1.61. The number of esters is 1. The van der Waals surface area contributed by atoms with Gasteiger partial charge in [0.05, 0.1) is 24.3 Å². The monoisotopic (exact) mass is 615 g/mol. The van der Waals surface area contributed by atoms with Crippen LogP contribution < -0.4 is 10.2 Å². The van der Waals surface area contributed by atoms with E-state index in [4.69, 9.17) is 17.0 Å². The molecule has 0 saturated carbocycles. The number of nitrogens with zero attached hydrogens (tertiary/aromatic N) is 4. The smallest absolute Gasteiger partial charge is 0.338 e. The number of hydrogen-bond donors (Lipinski definition) is 1. The minimum absolute atomic E-state index is 0.0268. The van der Waals surface area contributed by atoms with Gasteiger partial charge in [-0.3, -0.25) is 14.5 Å². The number of halogens is 1. The third-order valence-corrected chi connectivity index (χ3v) is 7.88. The van der Waals surface area contributed by atoms with Gasteiger partial charge in [-0.25, -0.2) is 4.79 Å². The Hall–Kier alpha value is -2.86. The lowest BCUT2D eigenvalue weighted by molar-refractivity contribution is -0.124. The molecule has 0 unspecified atom stereocenters. The number of amides is 2. The Kier molecular flexibility index (Phi) is 10.1. The maximum Gasteiger partial charge on any atom is 0.338 e. The second kappa shape index (κ2) is 13.5. The van der Waals surface area contributed by atoms with Crippen molar-refractivity contribution in [3.8, 4) is 0 Å². The SMILES string of the molecule is CCOC(=O)c1ccc(N2C(=O)[C@@H](CC(=O)Nc3ccc(Br)cc3)N(CCCN3CCN(C)CC3)C2=S)cc1. The first-order valence-electron chi connectivity index (χ1n) is 13.1. The normalized spacial score (nSPS) is 18.5. The van der Waals surface area contributed by atoms with E-state index in [-0.39, 0.29) is 24.8 Å². The zero-order chi connectivity index (χ0) is 27.9. The standard InChI is InChI=1S/C28H34BrN5O4S/c1-3-38-27(37)20-5-11-23(12-6-20)34-26(36)24(19-25(35)30-22-9-7-21(29)8-10-22)33(28(34)39)14-4-13-32-17-15-31(2)16-18-32/h5-12,24H,3-4,13-19H2,1-2H3,(H,30,35)/t24-/m1/s1. The summed E-state index contributed by atoms with van der Waals surface area (Å²) < 4.78 is 5.97. The van der Waals surface area contributed by atoms with Crippen molar-refractivity contribution in [3.05, 3.63) is 58.6 Å². The summed E-state index contributed by atoms with van der Waals surface area (Å²) in [7, 11) is 2.13. The number of ether oxygens (including phenoxy) is 1. The molecule has 1 N–H and O–H groups in total. The molecule has 2 aliphatic rings. The molecule has 208 valence electrons. The molecule has 2 aliphatic heterocycles. The van der Waals surface area contributed by atoms with Crippen molar-refractivity contribution >= 4 is 62.4 Å². The molecule has 2 aromatic rings. The lowest BCUT2D eigenvalue weighted by Gasteiger charge is -2.33. The second-order valence-electron chi connectivity index (χ2n) is 9.69. The average Bonchev–Trinajstić information content (AvgIpc) is 3.15. The van der Waals surface area contributed by atoms with Crippen molar-refractivity contribution < 1.29 is 19.1 Å². The van der Waals surface area contributed by atoms with E-state index in [1.165, 1.54) is 4.90 Å². The molecule has 2 saturated heterocycles. The molecule has 0 aromatic heterocycles. The van der Waals surface area contributed by atoms with Crippen LogP contribution in [0.2, 0.25) is 0 Å². The third kappa shape index (κ3) is 7.42. The van der Waals surface area contributed by atoms with Crippen LogP contribution in [0.4, 0.5) is 11.4 Å². The molecule has 2 amide bonds. The summed E-state index contributed by atoms with van der Waals surface area (Å²) in [6, 6.07) is 13.2. The molecule has 2 aromatic carbocycles. The Morgan fingerprint density at radius 1 is 1.03 bits per heavy atom. The molecule has 39 heavy (non-hydrogen) atoms. The number of carbonyl (C=O) groups excluding carboxylic acids is 3. The summed E-state index contributed by atoms with van der Waals surface area (Å²) in [6.07, 6.45) is 0.790. The topological polar surface area (TPSA) is 85.4 Å². The number of rotatable bonds is 10. The van der Waals surface area contributed by atoms with Crippen LogP contribution in [-0.2, 0) is 14.3 Å². The maximum atomic E-state index is 13.7. The molecular formula is C28H34BrN5O4S. The van der Waals surface area contributed by atoms with E-state index in [0.29, 0.717) is 28.6 Å². The highest BCUT2D eigenvalue weighted by atomic mass is 79.9. The van der Waals surface area contributed by atoms with Gasteiger partial charge in [0.25, 0.3) is 5.91 Å². The van der Waals surface area contributed by atoms with E-state index in [0.717, 1.165) is 43.6 Å². The highest BCUT2D eigenvalue weighted by Crippen LogP contribution is 2.28. The van der Waals surface area contributed by atoms with Gasteiger partial charge < -0.3 is 24.8 Å². The van der Waals surface area contributed by atoms with Crippen LogP contribution in [0.5, 0.6) is 0 Å². The Morgan fingerprint density at radius 3 is 2.33 bits per heavy atom. The van der Waals surface area contributed by atoms with Gasteiger partial charge in [0, 0.05) is 42.9 Å². The minimum atomic E-state index is -0.717. The van der Waals surface area contributed by atoms with E-state index in [9.17, 15) is 14.4 Å². The molecule has 9 nitrogen and oxygen atoms in total. The van der Waals surface area contributed by atoms with E-state index in [2.05, 4.69) is 38.1 Å². The van der Waals surface area contributed by atoms with Crippen molar-refractivity contribution in [1.29, 1.82) is 0 Å². The van der Waals surface area contributed by atoms with Crippen molar-refractivity contribution in [2.24, 2.45) is 0 Å². The first-order chi connectivity index (χ1) is 18.8. The van der Waals surface area contributed by atoms with Crippen LogP contribution in [0.1, 0.15) is 30.1 Å². The Morgan fingerprint density at radius 2 is 1.69 bits per heavy atom. The van der Waals surface area contributed by atoms with Gasteiger partial charge in [0.2, 0.25) is 5.91 Å². The number of thiocarbonyl (C=S) groups is 1. The van der Waals surface area contributed by atoms with E-state index in [1.54, 1.807) is 43.3 Å². The van der Waals surface area contributed by atoms with Crippen LogP contribution in [0.25, 0.3) is 0 Å². The lowest BCUT2D eigenvalue weighted by Crippen LogP contribution is -2.45. The summed E-state index contributed by atoms with van der Waals surface area (Å²) in [5, 5.41) is 3.25. The highest BCUT2D eigenvalue weighted by molar-refractivity contribution is 9.10. The van der Waals surface area contributed by atoms with Crippen LogP contribution in [-0.4, -0.2) is 96.6 Å². The van der Waals surface area contributed by atoms with Gasteiger partial charge >= 0.3 is 5.97 Å². The Balaban J connectivity index is 1.48. The number of likely N-dealkylation sites (N-methyl/N-ethyl adjacent to an activating group) is 1. The molecule has 0 radical (unpaired) electrons. The molecule has 0 bridgehead atoms. The Bertz CT molecular complexity index is 1190. The molecule has 4 rings (SSSR count). The van der Waals surface area contributed by atoms with Gasteiger partial charge in [-0.05, 0) is 87.7 Å². The van der Waals surface area contributed by atoms with E-state index >= 15 is 0 Å². The number of piperazine rings is 1.